The quantitative estimate of drug-likeness (QED) is 0.738. The molecular weight excluding hydrogens is 266 g/mol. The van der Waals surface area contributed by atoms with Gasteiger partial charge >= 0.3 is 0 Å². The Balaban J connectivity index is 2.33. The summed E-state index contributed by atoms with van der Waals surface area (Å²) < 4.78 is 5.57. The minimum atomic E-state index is -0.156. The van der Waals surface area contributed by atoms with E-state index in [4.69, 9.17) is 10.5 Å². The van der Waals surface area contributed by atoms with Gasteiger partial charge in [-0.3, -0.25) is 4.79 Å². The normalized spacial score (nSPS) is 10.0. The van der Waals surface area contributed by atoms with Crippen molar-refractivity contribution in [3.63, 3.8) is 0 Å². The Bertz CT molecular complexity index is 641. The Morgan fingerprint density at radius 1 is 1.19 bits per heavy atom. The number of carbonyl (C=O) groups is 1. The molecule has 0 atom stereocenters. The van der Waals surface area contributed by atoms with Gasteiger partial charge < -0.3 is 21.1 Å². The molecule has 0 unspecified atom stereocenters. The summed E-state index contributed by atoms with van der Waals surface area (Å²) in [6.45, 7) is 2.50. The molecule has 0 fully saturated rings. The molecule has 0 saturated heterocycles. The number of carbonyl (C=O) groups excluding carboxylic acids is 1. The van der Waals surface area contributed by atoms with E-state index < -0.39 is 0 Å². The van der Waals surface area contributed by atoms with E-state index in [1.807, 2.05) is 31.2 Å². The number of amides is 1. The van der Waals surface area contributed by atoms with Crippen LogP contribution in [0.25, 0.3) is 0 Å². The van der Waals surface area contributed by atoms with E-state index in [1.54, 1.807) is 25.2 Å². The number of rotatable bonds is 5. The highest BCUT2D eigenvalue weighted by molar-refractivity contribution is 5.96. The fourth-order valence-corrected chi connectivity index (χ4v) is 1.95. The minimum Gasteiger partial charge on any atom is -0.492 e. The molecular formula is C16H19N3O2. The van der Waals surface area contributed by atoms with Crippen molar-refractivity contribution < 1.29 is 9.53 Å². The number of nitrogens with two attached hydrogens (primary N) is 1. The maximum atomic E-state index is 11.7. The first-order chi connectivity index (χ1) is 10.2. The molecule has 2 aromatic rings. The van der Waals surface area contributed by atoms with E-state index in [2.05, 4.69) is 10.6 Å². The second kappa shape index (κ2) is 6.65. The molecule has 0 aliphatic carbocycles. The van der Waals surface area contributed by atoms with Crippen molar-refractivity contribution in [1.82, 2.24) is 5.32 Å². The largest absolute Gasteiger partial charge is 0.492 e. The summed E-state index contributed by atoms with van der Waals surface area (Å²) in [5.41, 5.74) is 8.55. The lowest BCUT2D eigenvalue weighted by atomic mass is 10.1. The van der Waals surface area contributed by atoms with E-state index >= 15 is 0 Å². The summed E-state index contributed by atoms with van der Waals surface area (Å²) in [6, 6.07) is 12.7. The first kappa shape index (κ1) is 14.7. The second-order valence-corrected chi connectivity index (χ2v) is 4.44. The molecule has 5 nitrogen and oxygen atoms in total. The molecule has 5 heteroatoms. The van der Waals surface area contributed by atoms with E-state index in [0.717, 1.165) is 11.4 Å². The molecule has 0 saturated carbocycles. The number of anilines is 3. The molecule has 0 spiro atoms. The van der Waals surface area contributed by atoms with Gasteiger partial charge in [0.25, 0.3) is 5.91 Å². The summed E-state index contributed by atoms with van der Waals surface area (Å²) in [7, 11) is 1.59. The van der Waals surface area contributed by atoms with Gasteiger partial charge in [-0.15, -0.1) is 0 Å². The summed E-state index contributed by atoms with van der Waals surface area (Å²) in [5.74, 6) is 0.584. The molecule has 0 bridgehead atoms. The molecule has 4 N–H and O–H groups in total. The van der Waals surface area contributed by atoms with Gasteiger partial charge in [-0.1, -0.05) is 12.1 Å². The van der Waals surface area contributed by atoms with Crippen LogP contribution in [0.5, 0.6) is 5.75 Å². The number of nitrogen functional groups attached to an aromatic ring is 1. The van der Waals surface area contributed by atoms with E-state index in [1.165, 1.54) is 0 Å². The lowest BCUT2D eigenvalue weighted by Gasteiger charge is -2.14. The lowest BCUT2D eigenvalue weighted by Crippen LogP contribution is -2.18. The molecule has 1 amide bonds. The fourth-order valence-electron chi connectivity index (χ4n) is 1.95. The smallest absolute Gasteiger partial charge is 0.251 e. The maximum Gasteiger partial charge on any atom is 0.251 e. The van der Waals surface area contributed by atoms with Crippen molar-refractivity contribution >= 4 is 23.0 Å². The zero-order valence-electron chi connectivity index (χ0n) is 12.1. The van der Waals surface area contributed by atoms with Gasteiger partial charge in [-0.2, -0.15) is 0 Å². The van der Waals surface area contributed by atoms with Crippen LogP contribution >= 0.6 is 0 Å². The fraction of sp³-hybridized carbons (Fsp3) is 0.188. The molecule has 21 heavy (non-hydrogen) atoms. The van der Waals surface area contributed by atoms with Crippen LogP contribution < -0.4 is 21.1 Å². The third-order valence-electron chi connectivity index (χ3n) is 3.00. The van der Waals surface area contributed by atoms with E-state index in [-0.39, 0.29) is 5.91 Å². The number of nitrogens with one attached hydrogen (secondary N) is 2. The average molecular weight is 285 g/mol. The first-order valence-electron chi connectivity index (χ1n) is 6.76. The molecule has 0 aromatic heterocycles. The Morgan fingerprint density at radius 2 is 1.95 bits per heavy atom. The van der Waals surface area contributed by atoms with Crippen molar-refractivity contribution in [1.29, 1.82) is 0 Å². The zero-order valence-corrected chi connectivity index (χ0v) is 12.1. The van der Waals surface area contributed by atoms with Gasteiger partial charge in [0.2, 0.25) is 0 Å². The van der Waals surface area contributed by atoms with Gasteiger partial charge in [-0.25, -0.2) is 0 Å². The van der Waals surface area contributed by atoms with Crippen LogP contribution in [0.15, 0.2) is 42.5 Å². The van der Waals surface area contributed by atoms with Gasteiger partial charge in [0.1, 0.15) is 5.75 Å². The molecule has 0 aliphatic heterocycles. The third-order valence-corrected chi connectivity index (χ3v) is 3.00. The van der Waals surface area contributed by atoms with Crippen LogP contribution in [-0.2, 0) is 0 Å². The van der Waals surface area contributed by atoms with Crippen LogP contribution in [0.3, 0.4) is 0 Å². The topological polar surface area (TPSA) is 76.4 Å². The Morgan fingerprint density at radius 3 is 2.67 bits per heavy atom. The van der Waals surface area contributed by atoms with Crippen molar-refractivity contribution in [2.24, 2.45) is 0 Å². The van der Waals surface area contributed by atoms with E-state index in [0.29, 0.717) is 23.5 Å². The summed E-state index contributed by atoms with van der Waals surface area (Å²) in [4.78, 5) is 11.7. The summed E-state index contributed by atoms with van der Waals surface area (Å²) >= 11 is 0. The van der Waals surface area contributed by atoms with Gasteiger partial charge in [0.05, 0.1) is 23.7 Å². The summed E-state index contributed by atoms with van der Waals surface area (Å²) in [5, 5.41) is 5.81. The third kappa shape index (κ3) is 3.45. The van der Waals surface area contributed by atoms with Crippen molar-refractivity contribution in [3.05, 3.63) is 48.0 Å². The van der Waals surface area contributed by atoms with E-state index in [9.17, 15) is 4.79 Å². The van der Waals surface area contributed by atoms with Crippen molar-refractivity contribution in [3.8, 4) is 5.75 Å². The molecule has 0 aliphatic rings. The minimum absolute atomic E-state index is 0.156. The molecule has 2 aromatic carbocycles. The number of hydrogen-bond acceptors (Lipinski definition) is 4. The predicted molar refractivity (Wildman–Crippen MR) is 85.1 cm³/mol. The average Bonchev–Trinajstić information content (AvgIpc) is 2.51. The monoisotopic (exact) mass is 285 g/mol. The Kier molecular flexibility index (Phi) is 4.66. The highest BCUT2D eigenvalue weighted by Crippen LogP contribution is 2.30. The van der Waals surface area contributed by atoms with Crippen LogP contribution in [0.1, 0.15) is 17.3 Å². The Hall–Kier alpha value is -2.69. The SMILES string of the molecule is CCOc1ccccc1Nc1cc(C(=O)NC)ccc1N. The van der Waals surface area contributed by atoms with Crippen molar-refractivity contribution in [2.45, 2.75) is 6.92 Å². The number of hydrogen-bond donors (Lipinski definition) is 3. The predicted octanol–water partition coefficient (Wildman–Crippen LogP) is 2.77. The van der Waals surface area contributed by atoms with Crippen LogP contribution in [0.4, 0.5) is 17.1 Å². The molecule has 0 heterocycles. The maximum absolute atomic E-state index is 11.7. The lowest BCUT2D eigenvalue weighted by molar-refractivity contribution is 0.0963. The first-order valence-corrected chi connectivity index (χ1v) is 6.76. The van der Waals surface area contributed by atoms with Gasteiger partial charge in [0, 0.05) is 12.6 Å². The number of benzene rings is 2. The highest BCUT2D eigenvalue weighted by Gasteiger charge is 2.09. The number of ether oxygens (including phenoxy) is 1. The molecule has 2 rings (SSSR count). The standard InChI is InChI=1S/C16H19N3O2/c1-3-21-15-7-5-4-6-13(15)19-14-10-11(16(20)18-2)8-9-12(14)17/h4-10,19H,3,17H2,1-2H3,(H,18,20). The second-order valence-electron chi connectivity index (χ2n) is 4.44. The highest BCUT2D eigenvalue weighted by atomic mass is 16.5. The zero-order chi connectivity index (χ0) is 15.2. The van der Waals surface area contributed by atoms with Crippen molar-refractivity contribution in [2.75, 3.05) is 24.7 Å². The van der Waals surface area contributed by atoms with Gasteiger partial charge in [0.15, 0.2) is 0 Å². The Labute approximate surface area is 124 Å². The molecule has 0 radical (unpaired) electrons. The summed E-state index contributed by atoms with van der Waals surface area (Å²) in [6.07, 6.45) is 0. The van der Waals surface area contributed by atoms with Crippen LogP contribution in [0.2, 0.25) is 0 Å². The van der Waals surface area contributed by atoms with Crippen LogP contribution in [0, 0.1) is 0 Å². The number of para-hydroxylation sites is 2. The molecule has 110 valence electrons. The van der Waals surface area contributed by atoms with Gasteiger partial charge in [-0.05, 0) is 37.3 Å². The van der Waals surface area contributed by atoms with Crippen LogP contribution in [-0.4, -0.2) is 19.6 Å².